The van der Waals surface area contributed by atoms with Crippen LogP contribution >= 0.6 is 0 Å². The zero-order valence-electron chi connectivity index (χ0n) is 8.97. The summed E-state index contributed by atoms with van der Waals surface area (Å²) in [6.45, 7) is 4.65. The number of nitrogens with zero attached hydrogens (tertiary/aromatic N) is 2. The first-order valence-electron chi connectivity index (χ1n) is 4.90. The van der Waals surface area contributed by atoms with Gasteiger partial charge in [0.25, 0.3) is 0 Å². The van der Waals surface area contributed by atoms with Gasteiger partial charge in [-0.25, -0.2) is 10.4 Å². The third-order valence-corrected chi connectivity index (χ3v) is 2.60. The summed E-state index contributed by atoms with van der Waals surface area (Å²) in [5, 5.41) is 4.29. The van der Waals surface area contributed by atoms with Gasteiger partial charge in [0.15, 0.2) is 0 Å². The van der Waals surface area contributed by atoms with E-state index in [-0.39, 0.29) is 5.41 Å². The van der Waals surface area contributed by atoms with Crippen molar-refractivity contribution in [1.82, 2.24) is 9.61 Å². The largest absolute Gasteiger partial charge is 0.304 e. The van der Waals surface area contributed by atoms with Crippen LogP contribution in [0.3, 0.4) is 0 Å². The van der Waals surface area contributed by atoms with Gasteiger partial charge in [0.1, 0.15) is 0 Å². The van der Waals surface area contributed by atoms with Crippen molar-refractivity contribution in [2.24, 2.45) is 5.90 Å². The van der Waals surface area contributed by atoms with E-state index in [1.165, 1.54) is 0 Å². The van der Waals surface area contributed by atoms with Crippen LogP contribution in [0.5, 0.6) is 0 Å². The van der Waals surface area contributed by atoms with Gasteiger partial charge < -0.3 is 4.84 Å². The number of aromatic nitrogens is 2. The molecule has 0 aliphatic heterocycles. The molecule has 0 bridgehead atoms. The van der Waals surface area contributed by atoms with E-state index in [4.69, 9.17) is 10.7 Å². The predicted octanol–water partition coefficient (Wildman–Crippen LogP) is 1.50. The molecule has 0 spiro atoms. The number of rotatable bonds is 3. The van der Waals surface area contributed by atoms with Crippen molar-refractivity contribution >= 4 is 5.52 Å². The predicted molar refractivity (Wildman–Crippen MR) is 58.4 cm³/mol. The van der Waals surface area contributed by atoms with Gasteiger partial charge in [0.2, 0.25) is 0 Å². The Morgan fingerprint density at radius 2 is 2.27 bits per heavy atom. The van der Waals surface area contributed by atoms with Crippen molar-refractivity contribution in [1.29, 1.82) is 0 Å². The van der Waals surface area contributed by atoms with Gasteiger partial charge in [0, 0.05) is 17.2 Å². The van der Waals surface area contributed by atoms with Crippen molar-refractivity contribution in [3.63, 3.8) is 0 Å². The number of fused-ring (bicyclic) bond motifs is 1. The second kappa shape index (κ2) is 3.64. The third kappa shape index (κ3) is 1.73. The molecule has 0 saturated carbocycles. The standard InChI is InChI=1S/C11H15N3O/c1-11(2,8-15-12)9-7-13-14-6-4-3-5-10(9)14/h3-7H,8,12H2,1-2H3. The van der Waals surface area contributed by atoms with Gasteiger partial charge in [-0.3, -0.25) is 0 Å². The first kappa shape index (κ1) is 10.1. The number of hydrogen-bond acceptors (Lipinski definition) is 3. The van der Waals surface area contributed by atoms with Crippen LogP contribution in [0.2, 0.25) is 0 Å². The van der Waals surface area contributed by atoms with Crippen LogP contribution in [0, 0.1) is 0 Å². The van der Waals surface area contributed by atoms with Crippen molar-refractivity contribution < 1.29 is 4.84 Å². The fourth-order valence-corrected chi connectivity index (χ4v) is 1.74. The molecule has 4 nitrogen and oxygen atoms in total. The van der Waals surface area contributed by atoms with Gasteiger partial charge in [0.05, 0.1) is 18.3 Å². The van der Waals surface area contributed by atoms with Crippen molar-refractivity contribution in [3.05, 3.63) is 36.2 Å². The summed E-state index contributed by atoms with van der Waals surface area (Å²) >= 11 is 0. The molecule has 0 aliphatic carbocycles. The zero-order valence-corrected chi connectivity index (χ0v) is 8.97. The number of nitrogens with two attached hydrogens (primary N) is 1. The highest BCUT2D eigenvalue weighted by Crippen LogP contribution is 2.26. The molecular formula is C11H15N3O. The van der Waals surface area contributed by atoms with Crippen LogP contribution in [0.4, 0.5) is 0 Å². The normalized spacial score (nSPS) is 12.2. The molecule has 80 valence electrons. The van der Waals surface area contributed by atoms with E-state index >= 15 is 0 Å². The Balaban J connectivity index is 2.52. The molecule has 0 saturated heterocycles. The Bertz CT molecular complexity index is 462. The van der Waals surface area contributed by atoms with Gasteiger partial charge in [-0.2, -0.15) is 5.10 Å². The smallest absolute Gasteiger partial charge is 0.0771 e. The summed E-state index contributed by atoms with van der Waals surface area (Å²) in [4.78, 5) is 4.74. The van der Waals surface area contributed by atoms with Crippen LogP contribution < -0.4 is 5.90 Å². The summed E-state index contributed by atoms with van der Waals surface area (Å²) in [5.74, 6) is 5.14. The summed E-state index contributed by atoms with van der Waals surface area (Å²) in [7, 11) is 0. The van der Waals surface area contributed by atoms with E-state index in [1.54, 1.807) is 0 Å². The molecule has 2 heterocycles. The van der Waals surface area contributed by atoms with Crippen LogP contribution in [-0.4, -0.2) is 16.2 Å². The molecule has 0 radical (unpaired) electrons. The summed E-state index contributed by atoms with van der Waals surface area (Å²) < 4.78 is 1.85. The van der Waals surface area contributed by atoms with Gasteiger partial charge in [-0.15, -0.1) is 0 Å². The van der Waals surface area contributed by atoms with E-state index in [1.807, 2.05) is 35.1 Å². The Morgan fingerprint density at radius 3 is 3.00 bits per heavy atom. The molecule has 0 aromatic carbocycles. The first-order chi connectivity index (χ1) is 7.15. The third-order valence-electron chi connectivity index (χ3n) is 2.60. The topological polar surface area (TPSA) is 52.5 Å². The van der Waals surface area contributed by atoms with Gasteiger partial charge in [-0.1, -0.05) is 19.9 Å². The minimum absolute atomic E-state index is 0.127. The zero-order chi connectivity index (χ0) is 10.9. The molecule has 4 heteroatoms. The lowest BCUT2D eigenvalue weighted by atomic mass is 9.86. The van der Waals surface area contributed by atoms with Crippen molar-refractivity contribution in [2.75, 3.05) is 6.61 Å². The molecule has 0 unspecified atom stereocenters. The van der Waals surface area contributed by atoms with Gasteiger partial charge >= 0.3 is 0 Å². The lowest BCUT2D eigenvalue weighted by molar-refractivity contribution is 0.0969. The first-order valence-corrected chi connectivity index (χ1v) is 4.90. The monoisotopic (exact) mass is 205 g/mol. The highest BCUT2D eigenvalue weighted by molar-refractivity contribution is 5.56. The molecule has 2 N–H and O–H groups in total. The van der Waals surface area contributed by atoms with Crippen molar-refractivity contribution in [2.45, 2.75) is 19.3 Å². The molecular weight excluding hydrogens is 190 g/mol. The molecule has 2 aromatic rings. The molecule has 0 fully saturated rings. The SMILES string of the molecule is CC(C)(CON)c1cnn2ccccc12. The minimum Gasteiger partial charge on any atom is -0.304 e. The Kier molecular flexibility index (Phi) is 2.46. The van der Waals surface area contributed by atoms with Crippen LogP contribution in [0.25, 0.3) is 5.52 Å². The maximum atomic E-state index is 5.14. The van der Waals surface area contributed by atoms with E-state index in [9.17, 15) is 0 Å². The fourth-order valence-electron chi connectivity index (χ4n) is 1.74. The fraction of sp³-hybridized carbons (Fsp3) is 0.364. The van der Waals surface area contributed by atoms with Crippen LogP contribution in [0.1, 0.15) is 19.4 Å². The maximum Gasteiger partial charge on any atom is 0.0771 e. The molecule has 2 aromatic heterocycles. The van der Waals surface area contributed by atoms with E-state index < -0.39 is 0 Å². The average Bonchev–Trinajstić information content (AvgIpc) is 2.61. The Hall–Kier alpha value is -1.39. The number of pyridine rings is 1. The molecule has 2 rings (SSSR count). The van der Waals surface area contributed by atoms with E-state index in [0.717, 1.165) is 11.1 Å². The Labute approximate surface area is 88.6 Å². The molecule has 0 atom stereocenters. The summed E-state index contributed by atoms with van der Waals surface area (Å²) in [6, 6.07) is 6.00. The maximum absolute atomic E-state index is 5.14. The molecule has 0 amide bonds. The van der Waals surface area contributed by atoms with Gasteiger partial charge in [-0.05, 0) is 12.1 Å². The molecule has 15 heavy (non-hydrogen) atoms. The lowest BCUT2D eigenvalue weighted by Crippen LogP contribution is -2.26. The van der Waals surface area contributed by atoms with Crippen LogP contribution in [-0.2, 0) is 10.3 Å². The number of hydrogen-bond donors (Lipinski definition) is 1. The van der Waals surface area contributed by atoms with E-state index in [0.29, 0.717) is 6.61 Å². The highest BCUT2D eigenvalue weighted by Gasteiger charge is 2.24. The lowest BCUT2D eigenvalue weighted by Gasteiger charge is -2.21. The van der Waals surface area contributed by atoms with E-state index in [2.05, 4.69) is 18.9 Å². The average molecular weight is 205 g/mol. The summed E-state index contributed by atoms with van der Waals surface area (Å²) in [5.41, 5.74) is 2.12. The minimum atomic E-state index is -0.127. The van der Waals surface area contributed by atoms with Crippen molar-refractivity contribution in [3.8, 4) is 0 Å². The summed E-state index contributed by atoms with van der Waals surface area (Å²) in [6.07, 6.45) is 3.80. The second-order valence-electron chi connectivity index (χ2n) is 4.28. The second-order valence-corrected chi connectivity index (χ2v) is 4.28. The Morgan fingerprint density at radius 1 is 1.47 bits per heavy atom. The quantitative estimate of drug-likeness (QED) is 0.772. The highest BCUT2D eigenvalue weighted by atomic mass is 16.6. The van der Waals surface area contributed by atoms with Crippen LogP contribution in [0.15, 0.2) is 30.6 Å². The molecule has 0 aliphatic rings.